The quantitative estimate of drug-likeness (QED) is 0.442. The van der Waals surface area contributed by atoms with E-state index in [1.165, 1.54) is 18.2 Å². The third kappa shape index (κ3) is 4.43. The number of hydrogen-bond acceptors (Lipinski definition) is 4. The van der Waals surface area contributed by atoms with Crippen LogP contribution in [-0.4, -0.2) is 20.9 Å². The summed E-state index contributed by atoms with van der Waals surface area (Å²) in [5.41, 5.74) is 3.28. The lowest BCUT2D eigenvalue weighted by Gasteiger charge is -2.24. The number of anilines is 1. The number of hydrazine groups is 1. The number of amides is 1. The van der Waals surface area contributed by atoms with Gasteiger partial charge >= 0.3 is 0 Å². The van der Waals surface area contributed by atoms with Crippen LogP contribution in [0.3, 0.4) is 0 Å². The number of sulfonamides is 1. The minimum absolute atomic E-state index is 0.00716. The maximum absolute atomic E-state index is 13.1. The predicted molar refractivity (Wildman–Crippen MR) is 99.1 cm³/mol. The van der Waals surface area contributed by atoms with Gasteiger partial charge < -0.3 is 0 Å². The smallest absolute Gasteiger partial charge is 0.266 e. The SMILES string of the molecule is CCc1ccc(N(CC(=O)NN)S(=O)(=O)c2cc(Cl)ccc2Cl)cc1. The zero-order chi connectivity index (χ0) is 18.6. The number of aryl methyl sites for hydroxylation is 1. The maximum atomic E-state index is 13.1. The summed E-state index contributed by atoms with van der Waals surface area (Å²) in [5, 5.41) is 0.222. The lowest BCUT2D eigenvalue weighted by atomic mass is 10.1. The highest BCUT2D eigenvalue weighted by atomic mass is 35.5. The molecule has 2 aromatic rings. The Morgan fingerprint density at radius 1 is 1.16 bits per heavy atom. The van der Waals surface area contributed by atoms with Crippen LogP contribution >= 0.6 is 23.2 Å². The Kier molecular flexibility index (Phi) is 6.29. The van der Waals surface area contributed by atoms with E-state index < -0.39 is 22.5 Å². The molecule has 0 fully saturated rings. The largest absolute Gasteiger partial charge is 0.293 e. The molecule has 9 heteroatoms. The second-order valence-corrected chi connectivity index (χ2v) is 7.85. The summed E-state index contributed by atoms with van der Waals surface area (Å²) in [6.45, 7) is 1.49. The molecule has 0 atom stereocenters. The average molecular weight is 402 g/mol. The molecule has 0 unspecified atom stereocenters. The molecule has 6 nitrogen and oxygen atoms in total. The van der Waals surface area contributed by atoms with Gasteiger partial charge in [0.2, 0.25) is 0 Å². The number of benzene rings is 2. The minimum Gasteiger partial charge on any atom is -0.293 e. The first kappa shape index (κ1) is 19.5. The number of nitrogens with zero attached hydrogens (tertiary/aromatic N) is 1. The van der Waals surface area contributed by atoms with E-state index in [1.54, 1.807) is 24.3 Å². The van der Waals surface area contributed by atoms with Crippen molar-refractivity contribution in [3.05, 3.63) is 58.1 Å². The van der Waals surface area contributed by atoms with Gasteiger partial charge in [-0.2, -0.15) is 0 Å². The molecule has 0 bridgehead atoms. The van der Waals surface area contributed by atoms with Gasteiger partial charge in [-0.3, -0.25) is 14.5 Å². The van der Waals surface area contributed by atoms with Crippen molar-refractivity contribution in [2.24, 2.45) is 5.84 Å². The molecule has 1 amide bonds. The van der Waals surface area contributed by atoms with Crippen molar-refractivity contribution in [2.45, 2.75) is 18.2 Å². The van der Waals surface area contributed by atoms with Crippen molar-refractivity contribution in [2.75, 3.05) is 10.8 Å². The van der Waals surface area contributed by atoms with Crippen LogP contribution in [-0.2, 0) is 21.2 Å². The van der Waals surface area contributed by atoms with Crippen LogP contribution in [0.4, 0.5) is 5.69 Å². The molecule has 134 valence electrons. The summed E-state index contributed by atoms with van der Waals surface area (Å²) >= 11 is 11.9. The summed E-state index contributed by atoms with van der Waals surface area (Å²) in [6, 6.07) is 10.9. The van der Waals surface area contributed by atoms with Crippen molar-refractivity contribution in [1.29, 1.82) is 0 Å². The number of hydrogen-bond donors (Lipinski definition) is 2. The number of carbonyl (C=O) groups excluding carboxylic acids is 1. The first-order valence-electron chi connectivity index (χ1n) is 7.35. The average Bonchev–Trinajstić information content (AvgIpc) is 2.61. The van der Waals surface area contributed by atoms with Crippen molar-refractivity contribution in [1.82, 2.24) is 5.43 Å². The molecule has 0 saturated carbocycles. The molecule has 0 aliphatic rings. The Hall–Kier alpha value is -1.80. The van der Waals surface area contributed by atoms with Gasteiger partial charge in [-0.1, -0.05) is 42.3 Å². The molecular weight excluding hydrogens is 385 g/mol. The van der Waals surface area contributed by atoms with Crippen LogP contribution in [0.5, 0.6) is 0 Å². The van der Waals surface area contributed by atoms with E-state index in [0.29, 0.717) is 5.69 Å². The Morgan fingerprint density at radius 3 is 2.36 bits per heavy atom. The van der Waals surface area contributed by atoms with Crippen LogP contribution in [0.1, 0.15) is 12.5 Å². The van der Waals surface area contributed by atoms with Gasteiger partial charge in [-0.25, -0.2) is 14.3 Å². The predicted octanol–water partition coefficient (Wildman–Crippen LogP) is 2.74. The number of nitrogens with one attached hydrogen (secondary N) is 1. The van der Waals surface area contributed by atoms with Gasteiger partial charge in [-0.05, 0) is 42.3 Å². The zero-order valence-electron chi connectivity index (χ0n) is 13.4. The standard InChI is InChI=1S/C16H17Cl2N3O3S/c1-2-11-3-6-13(7-4-11)21(10-16(22)20-19)25(23,24)15-9-12(17)5-8-14(15)18/h3-9H,2,10,19H2,1H3,(H,20,22). The molecule has 0 aliphatic carbocycles. The van der Waals surface area contributed by atoms with E-state index in [1.807, 2.05) is 12.3 Å². The normalized spacial score (nSPS) is 11.2. The highest BCUT2D eigenvalue weighted by molar-refractivity contribution is 7.93. The third-order valence-corrected chi connectivity index (χ3v) is 6.03. The van der Waals surface area contributed by atoms with Gasteiger partial charge in [0.05, 0.1) is 10.7 Å². The molecule has 3 N–H and O–H groups in total. The van der Waals surface area contributed by atoms with E-state index in [2.05, 4.69) is 0 Å². The third-order valence-electron chi connectivity index (χ3n) is 3.54. The molecule has 25 heavy (non-hydrogen) atoms. The van der Waals surface area contributed by atoms with Gasteiger partial charge in [0.1, 0.15) is 11.4 Å². The molecule has 2 rings (SSSR count). The Balaban J connectivity index is 2.56. The van der Waals surface area contributed by atoms with E-state index in [-0.39, 0.29) is 14.9 Å². The monoisotopic (exact) mass is 401 g/mol. The van der Waals surface area contributed by atoms with Crippen LogP contribution in [0.15, 0.2) is 47.4 Å². The lowest BCUT2D eigenvalue weighted by Crippen LogP contribution is -2.43. The van der Waals surface area contributed by atoms with Gasteiger partial charge in [0.25, 0.3) is 15.9 Å². The zero-order valence-corrected chi connectivity index (χ0v) is 15.7. The first-order valence-corrected chi connectivity index (χ1v) is 9.55. The number of rotatable bonds is 6. The molecule has 0 radical (unpaired) electrons. The van der Waals surface area contributed by atoms with Gasteiger partial charge in [0, 0.05) is 5.02 Å². The fourth-order valence-corrected chi connectivity index (χ4v) is 4.34. The Labute approximate surface area is 156 Å². The van der Waals surface area contributed by atoms with Gasteiger partial charge in [-0.15, -0.1) is 0 Å². The molecule has 2 aromatic carbocycles. The minimum atomic E-state index is -4.13. The second-order valence-electron chi connectivity index (χ2n) is 5.17. The van der Waals surface area contributed by atoms with E-state index in [9.17, 15) is 13.2 Å². The highest BCUT2D eigenvalue weighted by Crippen LogP contribution is 2.30. The van der Waals surface area contributed by atoms with Crippen molar-refractivity contribution >= 4 is 44.8 Å². The highest BCUT2D eigenvalue weighted by Gasteiger charge is 2.29. The fourth-order valence-electron chi connectivity index (χ4n) is 2.18. The summed E-state index contributed by atoms with van der Waals surface area (Å²) < 4.78 is 27.1. The second kappa shape index (κ2) is 8.05. The molecule has 0 aliphatic heterocycles. The Bertz CT molecular complexity index is 871. The molecule has 0 aromatic heterocycles. The summed E-state index contributed by atoms with van der Waals surface area (Å²) in [7, 11) is -4.13. The molecule has 0 saturated heterocycles. The summed E-state index contributed by atoms with van der Waals surface area (Å²) in [4.78, 5) is 11.6. The van der Waals surface area contributed by atoms with Crippen molar-refractivity contribution in [3.8, 4) is 0 Å². The molecule has 0 spiro atoms. The summed E-state index contributed by atoms with van der Waals surface area (Å²) in [5.74, 6) is 4.45. The van der Waals surface area contributed by atoms with Crippen molar-refractivity contribution < 1.29 is 13.2 Å². The van der Waals surface area contributed by atoms with E-state index in [0.717, 1.165) is 16.3 Å². The van der Waals surface area contributed by atoms with E-state index in [4.69, 9.17) is 29.0 Å². The van der Waals surface area contributed by atoms with Crippen LogP contribution in [0.25, 0.3) is 0 Å². The maximum Gasteiger partial charge on any atom is 0.266 e. The molecular formula is C16H17Cl2N3O3S. The number of nitrogens with two attached hydrogens (primary N) is 1. The first-order chi connectivity index (χ1) is 11.8. The fraction of sp³-hybridized carbons (Fsp3) is 0.188. The Morgan fingerprint density at radius 2 is 1.80 bits per heavy atom. The summed E-state index contributed by atoms with van der Waals surface area (Å²) in [6.07, 6.45) is 0.802. The van der Waals surface area contributed by atoms with E-state index >= 15 is 0 Å². The van der Waals surface area contributed by atoms with Crippen LogP contribution in [0, 0.1) is 0 Å². The number of halogens is 2. The van der Waals surface area contributed by atoms with Crippen LogP contribution < -0.4 is 15.6 Å². The van der Waals surface area contributed by atoms with Crippen molar-refractivity contribution in [3.63, 3.8) is 0 Å². The lowest BCUT2D eigenvalue weighted by molar-refractivity contribution is -0.119. The molecule has 0 heterocycles. The topological polar surface area (TPSA) is 92.5 Å². The van der Waals surface area contributed by atoms with Crippen LogP contribution in [0.2, 0.25) is 10.0 Å². The van der Waals surface area contributed by atoms with Gasteiger partial charge in [0.15, 0.2) is 0 Å². The number of carbonyl (C=O) groups is 1.